The summed E-state index contributed by atoms with van der Waals surface area (Å²) in [5, 5.41) is 1.30. The molecule has 0 aromatic heterocycles. The number of methoxy groups -OCH3 is 1. The van der Waals surface area contributed by atoms with E-state index in [1.54, 1.807) is 23.1 Å². The molecule has 0 heterocycles. The van der Waals surface area contributed by atoms with Crippen LogP contribution >= 0.6 is 27.5 Å². The number of nitrogens with zero attached hydrogens (tertiary/aromatic N) is 1. The first-order chi connectivity index (χ1) is 8.51. The number of alkyl halides is 1. The molecule has 0 unspecified atom stereocenters. The third kappa shape index (κ3) is 3.62. The van der Waals surface area contributed by atoms with Crippen LogP contribution in [0.25, 0.3) is 0 Å². The number of hydrogen-bond donors (Lipinski definition) is 0. The van der Waals surface area contributed by atoms with Crippen LogP contribution in [0.1, 0.15) is 24.2 Å². The van der Waals surface area contributed by atoms with Gasteiger partial charge in [-0.25, -0.2) is 0 Å². The molecule has 1 aromatic rings. The van der Waals surface area contributed by atoms with E-state index in [1.807, 2.05) is 13.8 Å². The number of halogens is 2. The minimum atomic E-state index is -0.0435. The first-order valence-corrected chi connectivity index (χ1v) is 7.21. The number of benzene rings is 1. The fraction of sp³-hybridized carbons (Fsp3) is 0.462. The number of carbonyl (C=O) groups is 1. The predicted molar refractivity (Wildman–Crippen MR) is 78.0 cm³/mol. The largest absolute Gasteiger partial charge is 0.496 e. The average molecular weight is 335 g/mol. The van der Waals surface area contributed by atoms with Crippen LogP contribution in [0.5, 0.6) is 5.75 Å². The number of amides is 1. The Balaban J connectivity index is 3.08. The van der Waals surface area contributed by atoms with E-state index in [4.69, 9.17) is 16.3 Å². The van der Waals surface area contributed by atoms with Gasteiger partial charge in [-0.1, -0.05) is 27.5 Å². The molecule has 5 heteroatoms. The van der Waals surface area contributed by atoms with Crippen LogP contribution in [-0.2, 0) is 0 Å². The molecule has 100 valence electrons. The SMILES string of the molecule is COc1cc(Cl)ccc1C(=O)N(CCBr)C(C)C. The molecule has 3 nitrogen and oxygen atoms in total. The van der Waals surface area contributed by atoms with E-state index in [9.17, 15) is 4.79 Å². The van der Waals surface area contributed by atoms with Crippen LogP contribution in [0, 0.1) is 0 Å². The van der Waals surface area contributed by atoms with Gasteiger partial charge < -0.3 is 9.64 Å². The van der Waals surface area contributed by atoms with Crippen molar-refractivity contribution in [2.45, 2.75) is 19.9 Å². The van der Waals surface area contributed by atoms with Gasteiger partial charge >= 0.3 is 0 Å². The maximum Gasteiger partial charge on any atom is 0.257 e. The van der Waals surface area contributed by atoms with Crippen molar-refractivity contribution in [1.82, 2.24) is 4.90 Å². The van der Waals surface area contributed by atoms with Crippen LogP contribution in [0.3, 0.4) is 0 Å². The molecule has 0 aliphatic rings. The lowest BCUT2D eigenvalue weighted by Gasteiger charge is -2.26. The molecule has 0 aliphatic carbocycles. The molecule has 0 bridgehead atoms. The third-order valence-electron chi connectivity index (χ3n) is 2.60. The maximum atomic E-state index is 12.4. The first kappa shape index (κ1) is 15.3. The highest BCUT2D eigenvalue weighted by atomic mass is 79.9. The van der Waals surface area contributed by atoms with Gasteiger partial charge in [-0.2, -0.15) is 0 Å². The number of rotatable bonds is 5. The molecule has 0 saturated carbocycles. The Morgan fingerprint density at radius 3 is 2.67 bits per heavy atom. The molecule has 0 atom stereocenters. The third-order valence-corrected chi connectivity index (χ3v) is 3.19. The zero-order valence-corrected chi connectivity index (χ0v) is 13.1. The minimum Gasteiger partial charge on any atom is -0.496 e. The fourth-order valence-electron chi connectivity index (χ4n) is 1.68. The van der Waals surface area contributed by atoms with Crippen LogP contribution in [0.15, 0.2) is 18.2 Å². The Labute approximate surface area is 121 Å². The number of carbonyl (C=O) groups excluding carboxylic acids is 1. The standard InChI is InChI=1S/C13H17BrClNO2/c1-9(2)16(7-6-14)13(17)11-5-4-10(15)8-12(11)18-3/h4-5,8-9H,6-7H2,1-3H3. The van der Waals surface area contributed by atoms with E-state index < -0.39 is 0 Å². The molecular formula is C13H17BrClNO2. The van der Waals surface area contributed by atoms with Crippen LogP contribution in [-0.4, -0.2) is 35.8 Å². The lowest BCUT2D eigenvalue weighted by molar-refractivity contribution is 0.0716. The van der Waals surface area contributed by atoms with E-state index >= 15 is 0 Å². The highest BCUT2D eigenvalue weighted by molar-refractivity contribution is 9.09. The Kier molecular flexibility index (Phi) is 5.96. The molecule has 0 fully saturated rings. The normalized spacial score (nSPS) is 10.6. The Hall–Kier alpha value is -0.740. The van der Waals surface area contributed by atoms with Crippen molar-refractivity contribution < 1.29 is 9.53 Å². The van der Waals surface area contributed by atoms with Gasteiger partial charge in [0.1, 0.15) is 5.75 Å². The molecule has 18 heavy (non-hydrogen) atoms. The zero-order valence-electron chi connectivity index (χ0n) is 10.7. The van der Waals surface area contributed by atoms with Gasteiger partial charge in [0.2, 0.25) is 0 Å². The molecule has 1 aromatic carbocycles. The van der Waals surface area contributed by atoms with Gasteiger partial charge in [0.25, 0.3) is 5.91 Å². The monoisotopic (exact) mass is 333 g/mol. The molecule has 0 N–H and O–H groups in total. The number of hydrogen-bond acceptors (Lipinski definition) is 2. The van der Waals surface area contributed by atoms with Gasteiger partial charge in [0.15, 0.2) is 0 Å². The summed E-state index contributed by atoms with van der Waals surface area (Å²) in [4.78, 5) is 14.2. The summed E-state index contributed by atoms with van der Waals surface area (Å²) in [5.41, 5.74) is 0.538. The molecule has 1 amide bonds. The Morgan fingerprint density at radius 1 is 1.50 bits per heavy atom. The molecule has 1 rings (SSSR count). The van der Waals surface area contributed by atoms with E-state index in [2.05, 4.69) is 15.9 Å². The second-order valence-corrected chi connectivity index (χ2v) is 5.36. The van der Waals surface area contributed by atoms with Crippen LogP contribution < -0.4 is 4.74 Å². The lowest BCUT2D eigenvalue weighted by Crippen LogP contribution is -2.38. The summed E-state index contributed by atoms with van der Waals surface area (Å²) in [6.07, 6.45) is 0. The summed E-state index contributed by atoms with van der Waals surface area (Å²) in [7, 11) is 1.53. The summed E-state index contributed by atoms with van der Waals surface area (Å²) in [5.74, 6) is 0.464. The highest BCUT2D eigenvalue weighted by Gasteiger charge is 2.21. The minimum absolute atomic E-state index is 0.0435. The second-order valence-electron chi connectivity index (χ2n) is 4.13. The van der Waals surface area contributed by atoms with Gasteiger partial charge in [0, 0.05) is 22.9 Å². The molecule has 0 saturated heterocycles. The number of ether oxygens (including phenoxy) is 1. The van der Waals surface area contributed by atoms with Crippen molar-refractivity contribution in [3.63, 3.8) is 0 Å². The maximum absolute atomic E-state index is 12.4. The summed E-state index contributed by atoms with van der Waals surface area (Å²) < 4.78 is 5.21. The van der Waals surface area contributed by atoms with Crippen molar-refractivity contribution in [2.75, 3.05) is 19.0 Å². The second kappa shape index (κ2) is 7.00. The lowest BCUT2D eigenvalue weighted by atomic mass is 10.1. The quantitative estimate of drug-likeness (QED) is 0.770. The van der Waals surface area contributed by atoms with Crippen molar-refractivity contribution in [1.29, 1.82) is 0 Å². The van der Waals surface area contributed by atoms with Crippen LogP contribution in [0.4, 0.5) is 0 Å². The van der Waals surface area contributed by atoms with E-state index in [-0.39, 0.29) is 11.9 Å². The van der Waals surface area contributed by atoms with Crippen molar-refractivity contribution >= 4 is 33.4 Å². The van der Waals surface area contributed by atoms with E-state index in [0.717, 1.165) is 5.33 Å². The Morgan fingerprint density at radius 2 is 2.17 bits per heavy atom. The smallest absolute Gasteiger partial charge is 0.257 e. The van der Waals surface area contributed by atoms with Gasteiger partial charge in [-0.3, -0.25) is 4.79 Å². The topological polar surface area (TPSA) is 29.5 Å². The summed E-state index contributed by atoms with van der Waals surface area (Å²) >= 11 is 9.25. The summed E-state index contributed by atoms with van der Waals surface area (Å²) in [6, 6.07) is 5.19. The van der Waals surface area contributed by atoms with Gasteiger partial charge in [-0.05, 0) is 32.0 Å². The first-order valence-electron chi connectivity index (χ1n) is 5.71. The van der Waals surface area contributed by atoms with Crippen LogP contribution in [0.2, 0.25) is 5.02 Å². The summed E-state index contributed by atoms with van der Waals surface area (Å²) in [6.45, 7) is 4.63. The predicted octanol–water partition coefficient (Wildman–Crippen LogP) is 3.59. The highest BCUT2D eigenvalue weighted by Crippen LogP contribution is 2.25. The molecular weight excluding hydrogens is 318 g/mol. The van der Waals surface area contributed by atoms with E-state index in [1.165, 1.54) is 7.11 Å². The van der Waals surface area contributed by atoms with Crippen molar-refractivity contribution in [3.05, 3.63) is 28.8 Å². The fourth-order valence-corrected chi connectivity index (χ4v) is 2.23. The van der Waals surface area contributed by atoms with E-state index in [0.29, 0.717) is 22.9 Å². The molecule has 0 radical (unpaired) electrons. The zero-order chi connectivity index (χ0) is 13.7. The van der Waals surface area contributed by atoms with Crippen molar-refractivity contribution in [3.8, 4) is 5.75 Å². The van der Waals surface area contributed by atoms with Gasteiger partial charge in [0.05, 0.1) is 12.7 Å². The average Bonchev–Trinajstić information content (AvgIpc) is 2.34. The van der Waals surface area contributed by atoms with Gasteiger partial charge in [-0.15, -0.1) is 0 Å². The molecule has 0 aliphatic heterocycles. The molecule has 0 spiro atoms. The van der Waals surface area contributed by atoms with Crippen molar-refractivity contribution in [2.24, 2.45) is 0 Å². The Bertz CT molecular complexity index is 423.